The number of aliphatic hydroxyl groups excluding tert-OH is 1. The van der Waals surface area contributed by atoms with E-state index < -0.39 is 6.29 Å². The molecule has 3 nitrogen and oxygen atoms in total. The molecule has 68 valence electrons. The standard InChI is InChI=1S/C8H18O3/c1-4-6-10-7(3)11-8(9)5-2/h7-9H,4-6H2,1-3H3. The van der Waals surface area contributed by atoms with Crippen LogP contribution in [0.4, 0.5) is 0 Å². The predicted molar refractivity (Wildman–Crippen MR) is 43.1 cm³/mol. The zero-order valence-corrected chi connectivity index (χ0v) is 7.54. The van der Waals surface area contributed by atoms with Gasteiger partial charge in [0.05, 0.1) is 0 Å². The minimum atomic E-state index is -0.693. The Kier molecular flexibility index (Phi) is 6.51. The fourth-order valence-corrected chi connectivity index (χ4v) is 0.641. The van der Waals surface area contributed by atoms with Gasteiger partial charge in [-0.3, -0.25) is 0 Å². The molecule has 0 aromatic carbocycles. The van der Waals surface area contributed by atoms with Gasteiger partial charge in [-0.25, -0.2) is 0 Å². The van der Waals surface area contributed by atoms with Crippen LogP contribution < -0.4 is 0 Å². The lowest BCUT2D eigenvalue weighted by atomic mass is 10.5. The molecular formula is C8H18O3. The zero-order valence-electron chi connectivity index (χ0n) is 7.54. The number of rotatable bonds is 6. The molecule has 0 spiro atoms. The Morgan fingerprint density at radius 2 is 2.00 bits per heavy atom. The van der Waals surface area contributed by atoms with Gasteiger partial charge in [0.1, 0.15) is 0 Å². The Morgan fingerprint density at radius 1 is 1.36 bits per heavy atom. The second-order valence-corrected chi connectivity index (χ2v) is 2.44. The van der Waals surface area contributed by atoms with E-state index >= 15 is 0 Å². The molecule has 0 radical (unpaired) electrons. The van der Waals surface area contributed by atoms with Crippen molar-refractivity contribution >= 4 is 0 Å². The minimum absolute atomic E-state index is 0.301. The molecule has 2 unspecified atom stereocenters. The number of aliphatic hydroxyl groups is 1. The summed E-state index contributed by atoms with van der Waals surface area (Å²) in [6.07, 6.45) is 0.571. The van der Waals surface area contributed by atoms with E-state index in [9.17, 15) is 0 Å². The van der Waals surface area contributed by atoms with Crippen molar-refractivity contribution in [3.63, 3.8) is 0 Å². The predicted octanol–water partition coefficient (Wildman–Crippen LogP) is 1.50. The molecule has 0 amide bonds. The highest BCUT2D eigenvalue weighted by Gasteiger charge is 2.06. The first kappa shape index (κ1) is 10.9. The van der Waals surface area contributed by atoms with Crippen molar-refractivity contribution in [3.8, 4) is 0 Å². The van der Waals surface area contributed by atoms with Crippen molar-refractivity contribution in [2.45, 2.75) is 46.2 Å². The van der Waals surface area contributed by atoms with Gasteiger partial charge in [0.2, 0.25) is 0 Å². The molecule has 11 heavy (non-hydrogen) atoms. The van der Waals surface area contributed by atoms with Crippen LogP contribution in [0.1, 0.15) is 33.6 Å². The molecule has 0 aliphatic carbocycles. The van der Waals surface area contributed by atoms with Crippen molar-refractivity contribution in [1.29, 1.82) is 0 Å². The highest BCUT2D eigenvalue weighted by atomic mass is 16.7. The summed E-state index contributed by atoms with van der Waals surface area (Å²) in [5, 5.41) is 9.03. The van der Waals surface area contributed by atoms with Gasteiger partial charge in [0.25, 0.3) is 0 Å². The van der Waals surface area contributed by atoms with Crippen LogP contribution in [0.25, 0.3) is 0 Å². The van der Waals surface area contributed by atoms with E-state index in [0.29, 0.717) is 13.0 Å². The molecule has 0 aliphatic heterocycles. The summed E-state index contributed by atoms with van der Waals surface area (Å²) in [7, 11) is 0. The van der Waals surface area contributed by atoms with E-state index in [-0.39, 0.29) is 6.29 Å². The maximum atomic E-state index is 9.03. The first-order valence-corrected chi connectivity index (χ1v) is 4.15. The Balaban J connectivity index is 3.27. The monoisotopic (exact) mass is 162 g/mol. The molecule has 0 fully saturated rings. The molecule has 0 bridgehead atoms. The van der Waals surface area contributed by atoms with Gasteiger partial charge in [-0.05, 0) is 19.8 Å². The Morgan fingerprint density at radius 3 is 2.45 bits per heavy atom. The Hall–Kier alpha value is -0.120. The fourth-order valence-electron chi connectivity index (χ4n) is 0.641. The van der Waals surface area contributed by atoms with Crippen molar-refractivity contribution < 1.29 is 14.6 Å². The maximum absolute atomic E-state index is 9.03. The van der Waals surface area contributed by atoms with Crippen LogP contribution in [0.15, 0.2) is 0 Å². The summed E-state index contributed by atoms with van der Waals surface area (Å²) in [5.74, 6) is 0. The van der Waals surface area contributed by atoms with Gasteiger partial charge in [0, 0.05) is 6.61 Å². The van der Waals surface area contributed by atoms with E-state index in [1.54, 1.807) is 6.92 Å². The first-order chi connectivity index (χ1) is 5.20. The summed E-state index contributed by atoms with van der Waals surface area (Å²) in [6, 6.07) is 0. The largest absolute Gasteiger partial charge is 0.368 e. The van der Waals surface area contributed by atoms with Crippen LogP contribution in [-0.2, 0) is 9.47 Å². The molecule has 0 saturated carbocycles. The number of hydrogen-bond donors (Lipinski definition) is 1. The summed E-state index contributed by atoms with van der Waals surface area (Å²) in [5.41, 5.74) is 0. The average Bonchev–Trinajstić information content (AvgIpc) is 2.00. The molecule has 0 heterocycles. The average molecular weight is 162 g/mol. The van der Waals surface area contributed by atoms with Gasteiger partial charge < -0.3 is 14.6 Å². The van der Waals surface area contributed by atoms with E-state index in [1.165, 1.54) is 0 Å². The molecule has 0 saturated heterocycles. The van der Waals surface area contributed by atoms with Gasteiger partial charge in [-0.15, -0.1) is 0 Å². The summed E-state index contributed by atoms with van der Waals surface area (Å²) < 4.78 is 10.2. The van der Waals surface area contributed by atoms with Gasteiger partial charge in [-0.1, -0.05) is 13.8 Å². The van der Waals surface area contributed by atoms with Crippen LogP contribution >= 0.6 is 0 Å². The van der Waals surface area contributed by atoms with Crippen LogP contribution in [0.3, 0.4) is 0 Å². The minimum Gasteiger partial charge on any atom is -0.368 e. The molecule has 0 aromatic rings. The molecule has 3 heteroatoms. The smallest absolute Gasteiger partial charge is 0.157 e. The lowest BCUT2D eigenvalue weighted by Crippen LogP contribution is -2.21. The maximum Gasteiger partial charge on any atom is 0.157 e. The summed E-state index contributed by atoms with van der Waals surface area (Å²) in [6.45, 7) is 6.35. The lowest BCUT2D eigenvalue weighted by Gasteiger charge is -2.16. The third-order valence-corrected chi connectivity index (χ3v) is 1.25. The second kappa shape index (κ2) is 6.58. The summed E-state index contributed by atoms with van der Waals surface area (Å²) in [4.78, 5) is 0. The Labute approximate surface area is 68.3 Å². The highest BCUT2D eigenvalue weighted by Crippen LogP contribution is 2.00. The number of hydrogen-bond acceptors (Lipinski definition) is 3. The number of ether oxygens (including phenoxy) is 2. The van der Waals surface area contributed by atoms with Crippen molar-refractivity contribution in [2.75, 3.05) is 6.61 Å². The highest BCUT2D eigenvalue weighted by molar-refractivity contribution is 4.37. The van der Waals surface area contributed by atoms with Crippen LogP contribution in [0, 0.1) is 0 Å². The Bertz CT molecular complexity index is 85.4. The normalized spacial score (nSPS) is 16.4. The topological polar surface area (TPSA) is 38.7 Å². The van der Waals surface area contributed by atoms with Crippen LogP contribution in [0.5, 0.6) is 0 Å². The van der Waals surface area contributed by atoms with E-state index in [2.05, 4.69) is 0 Å². The summed E-state index contributed by atoms with van der Waals surface area (Å²) >= 11 is 0. The molecule has 0 rings (SSSR count). The van der Waals surface area contributed by atoms with E-state index in [1.807, 2.05) is 13.8 Å². The van der Waals surface area contributed by atoms with Gasteiger partial charge in [-0.2, -0.15) is 0 Å². The van der Waals surface area contributed by atoms with E-state index in [4.69, 9.17) is 14.6 Å². The SMILES string of the molecule is CCCOC(C)OC(O)CC. The first-order valence-electron chi connectivity index (χ1n) is 4.15. The fraction of sp³-hybridized carbons (Fsp3) is 1.00. The van der Waals surface area contributed by atoms with Crippen LogP contribution in [0.2, 0.25) is 0 Å². The van der Waals surface area contributed by atoms with Crippen molar-refractivity contribution in [3.05, 3.63) is 0 Å². The molecule has 1 N–H and O–H groups in total. The van der Waals surface area contributed by atoms with E-state index in [0.717, 1.165) is 6.42 Å². The van der Waals surface area contributed by atoms with Crippen molar-refractivity contribution in [1.82, 2.24) is 0 Å². The quantitative estimate of drug-likeness (QED) is 0.601. The van der Waals surface area contributed by atoms with Gasteiger partial charge in [0.15, 0.2) is 12.6 Å². The van der Waals surface area contributed by atoms with Crippen LogP contribution in [-0.4, -0.2) is 24.3 Å². The van der Waals surface area contributed by atoms with Crippen molar-refractivity contribution in [2.24, 2.45) is 0 Å². The molecule has 0 aliphatic rings. The third-order valence-electron chi connectivity index (χ3n) is 1.25. The molecule has 2 atom stereocenters. The zero-order chi connectivity index (χ0) is 8.69. The lowest BCUT2D eigenvalue weighted by molar-refractivity contribution is -0.220. The second-order valence-electron chi connectivity index (χ2n) is 2.44. The third kappa shape index (κ3) is 6.28. The molecule has 0 aromatic heterocycles. The van der Waals surface area contributed by atoms with Gasteiger partial charge >= 0.3 is 0 Å². The molecular weight excluding hydrogens is 144 g/mol.